The number of nitrogens with one attached hydrogen (secondary N) is 2. The van der Waals surface area contributed by atoms with E-state index < -0.39 is 0 Å². The van der Waals surface area contributed by atoms with E-state index in [-0.39, 0.29) is 0 Å². The minimum atomic E-state index is 0.528. The van der Waals surface area contributed by atoms with E-state index in [1.165, 1.54) is 32.1 Å². The molecule has 1 aromatic carbocycles. The maximum atomic E-state index is 4.84. The Kier molecular flexibility index (Phi) is 3.74. The third-order valence-corrected chi connectivity index (χ3v) is 4.60. The Morgan fingerprint density at radius 2 is 1.83 bits per heavy atom. The molecule has 0 unspecified atom stereocenters. The quantitative estimate of drug-likeness (QED) is 0.739. The molecule has 3 aromatic rings. The number of fused-ring (bicyclic) bond motifs is 1. The van der Waals surface area contributed by atoms with Crippen LogP contribution in [0.25, 0.3) is 22.4 Å². The number of anilines is 1. The SMILES string of the molecule is Cc1cc2c(NC3CCCCC3)nc(-c3ccccc3)nc2[nH]1. The van der Waals surface area contributed by atoms with Gasteiger partial charge >= 0.3 is 0 Å². The van der Waals surface area contributed by atoms with Gasteiger partial charge < -0.3 is 10.3 Å². The number of rotatable bonds is 3. The second-order valence-corrected chi connectivity index (χ2v) is 6.46. The van der Waals surface area contributed by atoms with Crippen molar-refractivity contribution in [1.29, 1.82) is 0 Å². The summed E-state index contributed by atoms with van der Waals surface area (Å²) >= 11 is 0. The van der Waals surface area contributed by atoms with Gasteiger partial charge in [0.05, 0.1) is 5.39 Å². The molecule has 0 atom stereocenters. The molecule has 2 N–H and O–H groups in total. The topological polar surface area (TPSA) is 53.6 Å². The first kappa shape index (κ1) is 14.2. The Morgan fingerprint density at radius 1 is 1.04 bits per heavy atom. The van der Waals surface area contributed by atoms with Gasteiger partial charge in [0.15, 0.2) is 5.82 Å². The Bertz CT molecular complexity index is 801. The molecule has 23 heavy (non-hydrogen) atoms. The van der Waals surface area contributed by atoms with Crippen LogP contribution in [-0.2, 0) is 0 Å². The van der Waals surface area contributed by atoms with Gasteiger partial charge in [0.2, 0.25) is 0 Å². The monoisotopic (exact) mass is 306 g/mol. The largest absolute Gasteiger partial charge is 0.367 e. The summed E-state index contributed by atoms with van der Waals surface area (Å²) in [6.45, 7) is 2.06. The van der Waals surface area contributed by atoms with E-state index in [2.05, 4.69) is 35.4 Å². The fourth-order valence-corrected chi connectivity index (χ4v) is 3.41. The van der Waals surface area contributed by atoms with Gasteiger partial charge in [0.1, 0.15) is 11.5 Å². The molecule has 0 radical (unpaired) electrons. The number of hydrogen-bond donors (Lipinski definition) is 2. The van der Waals surface area contributed by atoms with E-state index >= 15 is 0 Å². The zero-order chi connectivity index (χ0) is 15.6. The Labute approximate surface area is 136 Å². The average molecular weight is 306 g/mol. The number of aromatic nitrogens is 3. The Balaban J connectivity index is 1.77. The van der Waals surface area contributed by atoms with Gasteiger partial charge in [-0.2, -0.15) is 0 Å². The Morgan fingerprint density at radius 3 is 2.61 bits per heavy atom. The first-order valence-corrected chi connectivity index (χ1v) is 8.49. The van der Waals surface area contributed by atoms with Crippen LogP contribution in [0.5, 0.6) is 0 Å². The second-order valence-electron chi connectivity index (χ2n) is 6.46. The predicted molar refractivity (Wildman–Crippen MR) is 94.6 cm³/mol. The highest BCUT2D eigenvalue weighted by Crippen LogP contribution is 2.28. The standard InChI is InChI=1S/C19H22N4/c1-13-12-16-18(20-13)22-17(14-8-4-2-5-9-14)23-19(16)21-15-10-6-3-7-11-15/h2,4-5,8-9,12,15H,3,6-7,10-11H2,1H3,(H2,20,21,22,23). The first-order chi connectivity index (χ1) is 11.3. The lowest BCUT2D eigenvalue weighted by atomic mass is 9.95. The number of aromatic amines is 1. The van der Waals surface area contributed by atoms with Crippen molar-refractivity contribution in [2.75, 3.05) is 5.32 Å². The molecule has 2 aromatic heterocycles. The lowest BCUT2D eigenvalue weighted by molar-refractivity contribution is 0.462. The lowest BCUT2D eigenvalue weighted by Crippen LogP contribution is -2.23. The fourth-order valence-electron chi connectivity index (χ4n) is 3.41. The normalized spacial score (nSPS) is 15.9. The number of nitrogens with zero attached hydrogens (tertiary/aromatic N) is 2. The lowest BCUT2D eigenvalue weighted by Gasteiger charge is -2.23. The van der Waals surface area contributed by atoms with Crippen molar-refractivity contribution in [2.45, 2.75) is 45.1 Å². The van der Waals surface area contributed by atoms with Crippen molar-refractivity contribution in [2.24, 2.45) is 0 Å². The molecule has 4 nitrogen and oxygen atoms in total. The molecule has 1 aliphatic carbocycles. The molecule has 0 spiro atoms. The average Bonchev–Trinajstić information content (AvgIpc) is 2.97. The zero-order valence-corrected chi connectivity index (χ0v) is 13.5. The Hall–Kier alpha value is -2.36. The van der Waals surface area contributed by atoms with E-state index in [0.29, 0.717) is 6.04 Å². The molecule has 4 rings (SSSR count). The summed E-state index contributed by atoms with van der Waals surface area (Å²) in [5, 5.41) is 4.77. The van der Waals surface area contributed by atoms with Gasteiger partial charge in [-0.15, -0.1) is 0 Å². The van der Waals surface area contributed by atoms with Gasteiger partial charge in [-0.3, -0.25) is 0 Å². The van der Waals surface area contributed by atoms with E-state index in [0.717, 1.165) is 33.9 Å². The molecule has 0 aliphatic heterocycles. The number of H-pyrrole nitrogens is 1. The third kappa shape index (κ3) is 2.93. The van der Waals surface area contributed by atoms with Gasteiger partial charge in [0.25, 0.3) is 0 Å². The summed E-state index contributed by atoms with van der Waals surface area (Å²) < 4.78 is 0. The molecule has 1 fully saturated rings. The summed E-state index contributed by atoms with van der Waals surface area (Å²) in [6, 6.07) is 12.8. The van der Waals surface area contributed by atoms with Crippen molar-refractivity contribution in [3.63, 3.8) is 0 Å². The molecular weight excluding hydrogens is 284 g/mol. The first-order valence-electron chi connectivity index (χ1n) is 8.49. The van der Waals surface area contributed by atoms with Crippen LogP contribution in [0.2, 0.25) is 0 Å². The number of benzene rings is 1. The molecular formula is C19H22N4. The molecule has 118 valence electrons. The highest BCUT2D eigenvalue weighted by atomic mass is 15.1. The maximum Gasteiger partial charge on any atom is 0.163 e. The van der Waals surface area contributed by atoms with Crippen molar-refractivity contribution in [1.82, 2.24) is 15.0 Å². The van der Waals surface area contributed by atoms with Crippen LogP contribution in [0.15, 0.2) is 36.4 Å². The maximum absolute atomic E-state index is 4.84. The van der Waals surface area contributed by atoms with Gasteiger partial charge in [0, 0.05) is 17.3 Å². The highest BCUT2D eigenvalue weighted by Gasteiger charge is 2.17. The van der Waals surface area contributed by atoms with Gasteiger partial charge in [-0.1, -0.05) is 49.6 Å². The fraction of sp³-hybridized carbons (Fsp3) is 0.368. The van der Waals surface area contributed by atoms with Gasteiger partial charge in [-0.05, 0) is 25.8 Å². The molecule has 0 bridgehead atoms. The minimum absolute atomic E-state index is 0.528. The van der Waals surface area contributed by atoms with Crippen LogP contribution in [0.4, 0.5) is 5.82 Å². The smallest absolute Gasteiger partial charge is 0.163 e. The van der Waals surface area contributed by atoms with Crippen LogP contribution in [0, 0.1) is 6.92 Å². The van der Waals surface area contributed by atoms with Crippen LogP contribution in [-0.4, -0.2) is 21.0 Å². The number of hydrogen-bond acceptors (Lipinski definition) is 3. The van der Waals surface area contributed by atoms with E-state index in [1.54, 1.807) is 0 Å². The highest BCUT2D eigenvalue weighted by molar-refractivity contribution is 5.89. The predicted octanol–water partition coefficient (Wildman–Crippen LogP) is 4.68. The van der Waals surface area contributed by atoms with E-state index in [1.807, 2.05) is 18.2 Å². The van der Waals surface area contributed by atoms with E-state index in [9.17, 15) is 0 Å². The summed E-state index contributed by atoms with van der Waals surface area (Å²) in [6.07, 6.45) is 6.44. The minimum Gasteiger partial charge on any atom is -0.367 e. The van der Waals surface area contributed by atoms with Crippen molar-refractivity contribution >= 4 is 16.9 Å². The third-order valence-electron chi connectivity index (χ3n) is 4.60. The zero-order valence-electron chi connectivity index (χ0n) is 13.5. The van der Waals surface area contributed by atoms with Crippen LogP contribution < -0.4 is 5.32 Å². The van der Waals surface area contributed by atoms with Gasteiger partial charge in [-0.25, -0.2) is 9.97 Å². The summed E-state index contributed by atoms with van der Waals surface area (Å²) in [4.78, 5) is 12.9. The second kappa shape index (κ2) is 6.03. The molecule has 1 saturated carbocycles. The number of aryl methyl sites for hydroxylation is 1. The molecule has 2 heterocycles. The van der Waals surface area contributed by atoms with Crippen molar-refractivity contribution in [3.8, 4) is 11.4 Å². The van der Waals surface area contributed by atoms with Crippen molar-refractivity contribution in [3.05, 3.63) is 42.1 Å². The molecule has 0 amide bonds. The van der Waals surface area contributed by atoms with Crippen LogP contribution in [0.3, 0.4) is 0 Å². The van der Waals surface area contributed by atoms with E-state index in [4.69, 9.17) is 9.97 Å². The molecule has 4 heteroatoms. The summed E-state index contributed by atoms with van der Waals surface area (Å²) in [7, 11) is 0. The molecule has 0 saturated heterocycles. The summed E-state index contributed by atoms with van der Waals surface area (Å²) in [5.41, 5.74) is 3.08. The summed E-state index contributed by atoms with van der Waals surface area (Å²) in [5.74, 6) is 1.74. The van der Waals surface area contributed by atoms with Crippen LogP contribution >= 0.6 is 0 Å². The molecule has 1 aliphatic rings. The van der Waals surface area contributed by atoms with Crippen LogP contribution in [0.1, 0.15) is 37.8 Å². The van der Waals surface area contributed by atoms with Crippen molar-refractivity contribution < 1.29 is 0 Å².